The molecule has 3 nitrogen and oxygen atoms in total. The Morgan fingerprint density at radius 2 is 2.17 bits per heavy atom. The van der Waals surface area contributed by atoms with Gasteiger partial charge in [-0.15, -0.1) is 0 Å². The van der Waals surface area contributed by atoms with E-state index in [2.05, 4.69) is 42.2 Å². The first kappa shape index (κ1) is 13.6. The molecule has 0 aliphatic heterocycles. The first-order valence-corrected chi connectivity index (χ1v) is 7.18. The van der Waals surface area contributed by atoms with Gasteiger partial charge in [-0.3, -0.25) is 0 Å². The maximum atomic E-state index is 9.69. The molecular weight excluding hydrogens is 224 g/mol. The van der Waals surface area contributed by atoms with Gasteiger partial charge < -0.3 is 15.0 Å². The Balaban J connectivity index is 1.90. The molecule has 0 saturated heterocycles. The van der Waals surface area contributed by atoms with E-state index < -0.39 is 0 Å². The van der Waals surface area contributed by atoms with Crippen LogP contribution in [-0.4, -0.2) is 21.8 Å². The van der Waals surface area contributed by atoms with Gasteiger partial charge in [0.25, 0.3) is 0 Å². The number of aryl methyl sites for hydroxylation is 1. The summed E-state index contributed by atoms with van der Waals surface area (Å²) >= 11 is 0. The molecule has 18 heavy (non-hydrogen) atoms. The summed E-state index contributed by atoms with van der Waals surface area (Å²) in [5.74, 6) is 0.813. The number of rotatable bonds is 5. The van der Waals surface area contributed by atoms with Crippen LogP contribution in [0.2, 0.25) is 0 Å². The minimum absolute atomic E-state index is 0.0408. The molecule has 0 atom stereocenters. The van der Waals surface area contributed by atoms with Gasteiger partial charge in [0, 0.05) is 31.0 Å². The predicted octanol–water partition coefficient (Wildman–Crippen LogP) is 2.54. The smallest absolute Gasteiger partial charge is 0.0613 e. The highest BCUT2D eigenvalue weighted by Gasteiger charge is 2.32. The molecule has 0 radical (unpaired) electrons. The van der Waals surface area contributed by atoms with Crippen LogP contribution < -0.4 is 5.32 Å². The van der Waals surface area contributed by atoms with Gasteiger partial charge in [0.1, 0.15) is 0 Å². The van der Waals surface area contributed by atoms with Crippen molar-refractivity contribution in [3.8, 4) is 0 Å². The molecule has 1 fully saturated rings. The molecule has 1 saturated carbocycles. The van der Waals surface area contributed by atoms with Crippen LogP contribution in [0.4, 0.5) is 0 Å². The van der Waals surface area contributed by atoms with E-state index >= 15 is 0 Å². The largest absolute Gasteiger partial charge is 0.394 e. The molecule has 0 aromatic carbocycles. The highest BCUT2D eigenvalue weighted by atomic mass is 16.3. The van der Waals surface area contributed by atoms with E-state index in [4.69, 9.17) is 0 Å². The van der Waals surface area contributed by atoms with E-state index in [1.165, 1.54) is 18.4 Å². The average Bonchev–Trinajstić information content (AvgIpc) is 2.87. The second-order valence-corrected chi connectivity index (χ2v) is 5.82. The van der Waals surface area contributed by atoms with E-state index in [0.717, 1.165) is 31.8 Å². The third-order valence-corrected chi connectivity index (χ3v) is 4.38. The molecule has 1 aromatic heterocycles. The Hall–Kier alpha value is -0.800. The molecule has 0 unspecified atom stereocenters. The molecule has 2 rings (SSSR count). The number of nitrogens with zero attached hydrogens (tertiary/aromatic N) is 1. The third-order valence-electron chi connectivity index (χ3n) is 4.38. The van der Waals surface area contributed by atoms with Crippen molar-refractivity contribution in [2.75, 3.05) is 6.61 Å². The van der Waals surface area contributed by atoms with Crippen LogP contribution in [0.1, 0.15) is 45.1 Å². The van der Waals surface area contributed by atoms with Crippen molar-refractivity contribution < 1.29 is 5.11 Å². The Labute approximate surface area is 110 Å². The second-order valence-electron chi connectivity index (χ2n) is 5.82. The van der Waals surface area contributed by atoms with Crippen LogP contribution >= 0.6 is 0 Å². The fourth-order valence-corrected chi connectivity index (χ4v) is 2.79. The van der Waals surface area contributed by atoms with Crippen molar-refractivity contribution in [1.82, 2.24) is 9.88 Å². The molecule has 1 aliphatic carbocycles. The lowest BCUT2D eigenvalue weighted by Gasteiger charge is -2.39. The summed E-state index contributed by atoms with van der Waals surface area (Å²) in [4.78, 5) is 0. The Kier molecular flexibility index (Phi) is 4.46. The lowest BCUT2D eigenvalue weighted by Crippen LogP contribution is -2.50. The summed E-state index contributed by atoms with van der Waals surface area (Å²) in [5.41, 5.74) is 1.27. The van der Waals surface area contributed by atoms with Gasteiger partial charge in [-0.1, -0.05) is 6.92 Å². The zero-order valence-electron chi connectivity index (χ0n) is 11.7. The first-order chi connectivity index (χ1) is 8.67. The van der Waals surface area contributed by atoms with Crippen LogP contribution in [-0.2, 0) is 13.1 Å². The van der Waals surface area contributed by atoms with Gasteiger partial charge in [-0.05, 0) is 50.2 Å². The van der Waals surface area contributed by atoms with Crippen molar-refractivity contribution in [1.29, 1.82) is 0 Å². The van der Waals surface area contributed by atoms with Crippen molar-refractivity contribution in [2.45, 2.75) is 58.2 Å². The topological polar surface area (TPSA) is 37.2 Å². The number of aliphatic hydroxyl groups excluding tert-OH is 1. The number of hydrogen-bond acceptors (Lipinski definition) is 2. The zero-order chi connectivity index (χ0) is 13.0. The first-order valence-electron chi connectivity index (χ1n) is 7.18. The minimum Gasteiger partial charge on any atom is -0.394 e. The summed E-state index contributed by atoms with van der Waals surface area (Å²) in [6, 6.07) is 2.16. The second kappa shape index (κ2) is 5.89. The summed E-state index contributed by atoms with van der Waals surface area (Å²) in [5, 5.41) is 13.3. The number of aliphatic hydroxyl groups is 1. The number of aromatic nitrogens is 1. The van der Waals surface area contributed by atoms with E-state index in [9.17, 15) is 5.11 Å². The number of hydrogen-bond donors (Lipinski definition) is 2. The lowest BCUT2D eigenvalue weighted by molar-refractivity contribution is 0.104. The fourth-order valence-electron chi connectivity index (χ4n) is 2.79. The monoisotopic (exact) mass is 250 g/mol. The van der Waals surface area contributed by atoms with Crippen LogP contribution in [0.5, 0.6) is 0 Å². The van der Waals surface area contributed by atoms with Gasteiger partial charge >= 0.3 is 0 Å². The van der Waals surface area contributed by atoms with Crippen molar-refractivity contribution >= 4 is 0 Å². The standard InChI is InChI=1S/C15H26N2O/c1-3-17-9-6-14(11-17)10-16-15(12-18)7-4-13(2)5-8-15/h6,9,11,13,16,18H,3-5,7-8,10,12H2,1-2H3. The van der Waals surface area contributed by atoms with Gasteiger partial charge in [-0.2, -0.15) is 0 Å². The predicted molar refractivity (Wildman–Crippen MR) is 74.4 cm³/mol. The third kappa shape index (κ3) is 3.15. The molecule has 2 N–H and O–H groups in total. The molecule has 0 spiro atoms. The maximum absolute atomic E-state index is 9.69. The maximum Gasteiger partial charge on any atom is 0.0613 e. The Morgan fingerprint density at radius 3 is 2.72 bits per heavy atom. The van der Waals surface area contributed by atoms with E-state index in [0.29, 0.717) is 0 Å². The van der Waals surface area contributed by atoms with Crippen molar-refractivity contribution in [3.63, 3.8) is 0 Å². The average molecular weight is 250 g/mol. The summed E-state index contributed by atoms with van der Waals surface area (Å²) in [6.07, 6.45) is 8.94. The van der Waals surface area contributed by atoms with Crippen molar-refractivity contribution in [3.05, 3.63) is 24.0 Å². The molecule has 0 amide bonds. The fraction of sp³-hybridized carbons (Fsp3) is 0.733. The minimum atomic E-state index is -0.0408. The molecule has 102 valence electrons. The van der Waals surface area contributed by atoms with Gasteiger partial charge in [0.15, 0.2) is 0 Å². The van der Waals surface area contributed by atoms with E-state index in [1.807, 2.05) is 0 Å². The molecule has 1 aromatic rings. The highest BCUT2D eigenvalue weighted by molar-refractivity contribution is 5.11. The summed E-state index contributed by atoms with van der Waals surface area (Å²) in [6.45, 7) is 6.59. The SMILES string of the molecule is CCn1ccc(CNC2(CO)CCC(C)CC2)c1. The molecule has 0 bridgehead atoms. The molecule has 3 heteroatoms. The summed E-state index contributed by atoms with van der Waals surface area (Å²) < 4.78 is 2.19. The van der Waals surface area contributed by atoms with Crippen LogP contribution in [0.3, 0.4) is 0 Å². The summed E-state index contributed by atoms with van der Waals surface area (Å²) in [7, 11) is 0. The Bertz CT molecular complexity index is 364. The molecule has 1 aliphatic rings. The Morgan fingerprint density at radius 1 is 1.44 bits per heavy atom. The van der Waals surface area contributed by atoms with Crippen molar-refractivity contribution in [2.24, 2.45) is 5.92 Å². The number of nitrogens with one attached hydrogen (secondary N) is 1. The highest BCUT2D eigenvalue weighted by Crippen LogP contribution is 2.31. The molecular formula is C15H26N2O. The van der Waals surface area contributed by atoms with Crippen LogP contribution in [0.15, 0.2) is 18.5 Å². The molecule has 1 heterocycles. The van der Waals surface area contributed by atoms with Crippen LogP contribution in [0, 0.1) is 5.92 Å². The normalized spacial score (nSPS) is 28.5. The zero-order valence-corrected chi connectivity index (χ0v) is 11.7. The van der Waals surface area contributed by atoms with E-state index in [1.54, 1.807) is 0 Å². The van der Waals surface area contributed by atoms with Crippen LogP contribution in [0.25, 0.3) is 0 Å². The lowest BCUT2D eigenvalue weighted by atomic mass is 9.77. The van der Waals surface area contributed by atoms with E-state index in [-0.39, 0.29) is 12.1 Å². The quantitative estimate of drug-likeness (QED) is 0.842. The van der Waals surface area contributed by atoms with Gasteiger partial charge in [0.2, 0.25) is 0 Å². The van der Waals surface area contributed by atoms with Gasteiger partial charge in [0.05, 0.1) is 6.61 Å². The van der Waals surface area contributed by atoms with Gasteiger partial charge in [-0.25, -0.2) is 0 Å².